The molecule has 0 bridgehead atoms. The molecule has 0 radical (unpaired) electrons. The molecule has 0 aliphatic rings. The van der Waals surface area contributed by atoms with Crippen LogP contribution in [0, 0.1) is 0 Å². The van der Waals surface area contributed by atoms with Gasteiger partial charge in [0.05, 0.1) is 12.1 Å². The summed E-state index contributed by atoms with van der Waals surface area (Å²) in [6.07, 6.45) is 0.384. The second-order valence-electron chi connectivity index (χ2n) is 3.03. The van der Waals surface area contributed by atoms with E-state index in [0.29, 0.717) is 16.5 Å². The van der Waals surface area contributed by atoms with Crippen molar-refractivity contribution in [3.8, 4) is 0 Å². The lowest BCUT2D eigenvalue weighted by atomic mass is 10.3. The molecule has 0 spiro atoms. The summed E-state index contributed by atoms with van der Waals surface area (Å²) in [5.41, 5.74) is 0.472. The maximum atomic E-state index is 10.8. The van der Waals surface area contributed by atoms with Crippen molar-refractivity contribution >= 4 is 35.0 Å². The topological polar surface area (TPSA) is 87.5 Å². The number of carboxylic acid groups (broad SMARTS) is 2. The fourth-order valence-corrected chi connectivity index (χ4v) is 2.95. The van der Waals surface area contributed by atoms with Gasteiger partial charge in [0.15, 0.2) is 4.34 Å². The monoisotopic (exact) mass is 261 g/mol. The van der Waals surface area contributed by atoms with E-state index in [-0.39, 0.29) is 6.42 Å². The van der Waals surface area contributed by atoms with Crippen molar-refractivity contribution in [1.82, 2.24) is 4.98 Å². The van der Waals surface area contributed by atoms with Gasteiger partial charge in [0, 0.05) is 5.38 Å². The quantitative estimate of drug-likeness (QED) is 0.758. The van der Waals surface area contributed by atoms with Gasteiger partial charge in [-0.05, 0) is 6.42 Å². The van der Waals surface area contributed by atoms with Crippen LogP contribution < -0.4 is 0 Å². The summed E-state index contributed by atoms with van der Waals surface area (Å²) < 4.78 is 0.602. The first kappa shape index (κ1) is 13.0. The summed E-state index contributed by atoms with van der Waals surface area (Å²) in [5, 5.41) is 18.5. The lowest BCUT2D eigenvalue weighted by molar-refractivity contribution is -0.137. The van der Waals surface area contributed by atoms with Crippen LogP contribution in [0.1, 0.15) is 19.0 Å². The highest BCUT2D eigenvalue weighted by Crippen LogP contribution is 2.28. The third kappa shape index (κ3) is 3.82. The maximum absolute atomic E-state index is 10.8. The van der Waals surface area contributed by atoms with E-state index >= 15 is 0 Å². The number of carbonyl (C=O) groups is 2. The molecule has 0 saturated carbocycles. The average Bonchev–Trinajstić information content (AvgIpc) is 2.60. The number of aliphatic carboxylic acids is 2. The van der Waals surface area contributed by atoms with Crippen LogP contribution in [0.3, 0.4) is 0 Å². The van der Waals surface area contributed by atoms with Crippen LogP contribution in [0.15, 0.2) is 9.72 Å². The molecular formula is C9H11NO4S2. The Labute approximate surface area is 101 Å². The highest BCUT2D eigenvalue weighted by molar-refractivity contribution is 8.02. The third-order valence-corrected chi connectivity index (χ3v) is 4.12. The van der Waals surface area contributed by atoms with Crippen LogP contribution in [-0.4, -0.2) is 32.4 Å². The minimum atomic E-state index is -0.938. The molecule has 1 aromatic heterocycles. The van der Waals surface area contributed by atoms with Crippen molar-refractivity contribution in [1.29, 1.82) is 0 Å². The zero-order valence-corrected chi connectivity index (χ0v) is 10.2. The Morgan fingerprint density at radius 1 is 1.56 bits per heavy atom. The standard InChI is InChI=1S/C9H11NO4S2/c1-2-6(8(13)14)16-9-10-5(4-15-9)3-7(11)12/h4,6H,2-3H2,1H3,(H,11,12)(H,13,14). The third-order valence-electron chi connectivity index (χ3n) is 1.75. The second-order valence-corrected chi connectivity index (χ2v) is 5.34. The number of hydrogen-bond donors (Lipinski definition) is 2. The summed E-state index contributed by atoms with van der Waals surface area (Å²) in [6, 6.07) is 0. The molecule has 0 aliphatic heterocycles. The van der Waals surface area contributed by atoms with Gasteiger partial charge >= 0.3 is 11.9 Å². The minimum Gasteiger partial charge on any atom is -0.481 e. The van der Waals surface area contributed by atoms with Gasteiger partial charge in [-0.2, -0.15) is 0 Å². The van der Waals surface area contributed by atoms with E-state index in [9.17, 15) is 9.59 Å². The van der Waals surface area contributed by atoms with E-state index in [2.05, 4.69) is 4.98 Å². The van der Waals surface area contributed by atoms with Crippen LogP contribution in [0.25, 0.3) is 0 Å². The molecule has 0 aliphatic carbocycles. The van der Waals surface area contributed by atoms with Gasteiger partial charge in [-0.25, -0.2) is 4.98 Å². The second kappa shape index (κ2) is 5.86. The Kier molecular flexibility index (Phi) is 4.75. The first-order valence-electron chi connectivity index (χ1n) is 4.58. The summed E-state index contributed by atoms with van der Waals surface area (Å²) in [4.78, 5) is 25.3. The predicted octanol–water partition coefficient (Wildman–Crippen LogP) is 1.73. The largest absolute Gasteiger partial charge is 0.481 e. The number of rotatable bonds is 6. The number of thioether (sulfide) groups is 1. The molecule has 1 unspecified atom stereocenters. The number of aromatic nitrogens is 1. The van der Waals surface area contributed by atoms with Gasteiger partial charge in [0.1, 0.15) is 5.25 Å². The molecule has 0 fully saturated rings. The number of thiazole rings is 1. The zero-order chi connectivity index (χ0) is 12.1. The first-order chi connectivity index (χ1) is 7.52. The molecule has 88 valence electrons. The molecule has 1 rings (SSSR count). The first-order valence-corrected chi connectivity index (χ1v) is 6.34. The van der Waals surface area contributed by atoms with Crippen molar-refractivity contribution in [2.45, 2.75) is 29.4 Å². The fraction of sp³-hybridized carbons (Fsp3) is 0.444. The Bertz CT molecular complexity index is 391. The van der Waals surface area contributed by atoms with Crippen LogP contribution in [0.4, 0.5) is 0 Å². The molecule has 5 nitrogen and oxygen atoms in total. The van der Waals surface area contributed by atoms with Crippen LogP contribution in [0.5, 0.6) is 0 Å². The van der Waals surface area contributed by atoms with E-state index in [1.165, 1.54) is 11.3 Å². The highest BCUT2D eigenvalue weighted by Gasteiger charge is 2.18. The Balaban J connectivity index is 2.64. The molecule has 7 heteroatoms. The molecule has 1 aromatic rings. The lowest BCUT2D eigenvalue weighted by Gasteiger charge is -2.05. The SMILES string of the molecule is CCC(Sc1nc(CC(=O)O)cs1)C(=O)O. The smallest absolute Gasteiger partial charge is 0.317 e. The van der Waals surface area contributed by atoms with Crippen molar-refractivity contribution < 1.29 is 19.8 Å². The summed E-state index contributed by atoms with van der Waals surface area (Å²) >= 11 is 2.44. The molecule has 0 saturated heterocycles. The van der Waals surface area contributed by atoms with Gasteiger partial charge in [0.25, 0.3) is 0 Å². The van der Waals surface area contributed by atoms with Crippen molar-refractivity contribution in [2.75, 3.05) is 0 Å². The van der Waals surface area contributed by atoms with Crippen LogP contribution in [-0.2, 0) is 16.0 Å². The van der Waals surface area contributed by atoms with Gasteiger partial charge < -0.3 is 10.2 Å². The number of nitrogens with zero attached hydrogens (tertiary/aromatic N) is 1. The van der Waals surface area contributed by atoms with Crippen molar-refractivity contribution in [3.05, 3.63) is 11.1 Å². The van der Waals surface area contributed by atoms with E-state index < -0.39 is 17.2 Å². The van der Waals surface area contributed by atoms with E-state index in [4.69, 9.17) is 10.2 Å². The molecule has 2 N–H and O–H groups in total. The number of hydrogen-bond acceptors (Lipinski definition) is 5. The molecular weight excluding hydrogens is 250 g/mol. The van der Waals surface area contributed by atoms with E-state index in [1.54, 1.807) is 12.3 Å². The van der Waals surface area contributed by atoms with Gasteiger partial charge in [0.2, 0.25) is 0 Å². The lowest BCUT2D eigenvalue weighted by Crippen LogP contribution is -2.14. The molecule has 0 aromatic carbocycles. The van der Waals surface area contributed by atoms with Gasteiger partial charge in [-0.1, -0.05) is 18.7 Å². The molecule has 0 amide bonds. The van der Waals surface area contributed by atoms with E-state index in [0.717, 1.165) is 11.8 Å². The summed E-state index contributed by atoms with van der Waals surface area (Å²) in [6.45, 7) is 1.79. The minimum absolute atomic E-state index is 0.124. The van der Waals surface area contributed by atoms with Crippen LogP contribution in [0.2, 0.25) is 0 Å². The Morgan fingerprint density at radius 2 is 2.25 bits per heavy atom. The van der Waals surface area contributed by atoms with Crippen molar-refractivity contribution in [2.24, 2.45) is 0 Å². The Morgan fingerprint density at radius 3 is 2.75 bits per heavy atom. The van der Waals surface area contributed by atoms with Gasteiger partial charge in [-0.15, -0.1) is 11.3 Å². The average molecular weight is 261 g/mol. The molecule has 1 atom stereocenters. The summed E-state index contributed by atoms with van der Waals surface area (Å²) in [7, 11) is 0. The normalized spacial score (nSPS) is 12.3. The van der Waals surface area contributed by atoms with E-state index in [1.807, 2.05) is 0 Å². The maximum Gasteiger partial charge on any atom is 0.317 e. The zero-order valence-electron chi connectivity index (χ0n) is 8.54. The molecule has 1 heterocycles. The van der Waals surface area contributed by atoms with Gasteiger partial charge in [-0.3, -0.25) is 9.59 Å². The highest BCUT2D eigenvalue weighted by atomic mass is 32.2. The summed E-state index contributed by atoms with van der Waals surface area (Å²) in [5.74, 6) is -1.81. The Hall–Kier alpha value is -1.08. The van der Waals surface area contributed by atoms with Crippen LogP contribution >= 0.6 is 23.1 Å². The molecule has 16 heavy (non-hydrogen) atoms. The number of carboxylic acids is 2. The predicted molar refractivity (Wildman–Crippen MR) is 61.0 cm³/mol. The fourth-order valence-electron chi connectivity index (χ4n) is 1.01. The van der Waals surface area contributed by atoms with Crippen molar-refractivity contribution in [3.63, 3.8) is 0 Å².